The van der Waals surface area contributed by atoms with Crippen molar-refractivity contribution in [1.29, 1.82) is 0 Å². The minimum atomic E-state index is -0.329. The summed E-state index contributed by atoms with van der Waals surface area (Å²) < 4.78 is 9.92. The van der Waals surface area contributed by atoms with Gasteiger partial charge in [0.25, 0.3) is 0 Å². The fourth-order valence-corrected chi connectivity index (χ4v) is 1.27. The summed E-state index contributed by atoms with van der Waals surface area (Å²) in [5, 5.41) is 0. The topological polar surface area (TPSA) is 35.5 Å². The monoisotopic (exact) mass is 220 g/mol. The van der Waals surface area contributed by atoms with Gasteiger partial charge in [0.15, 0.2) is 0 Å². The third kappa shape index (κ3) is 3.42. The lowest BCUT2D eigenvalue weighted by molar-refractivity contribution is -0.137. The minimum absolute atomic E-state index is 0.329. The number of benzene rings is 1. The Balaban J connectivity index is 2.83. The smallest absolute Gasteiger partial charge is 0.330 e. The van der Waals surface area contributed by atoms with Crippen LogP contribution in [0.3, 0.4) is 0 Å². The summed E-state index contributed by atoms with van der Waals surface area (Å²) in [6.07, 6.45) is 3.15. The molecule has 0 spiro atoms. The number of esters is 1. The second kappa shape index (κ2) is 5.95. The van der Waals surface area contributed by atoms with Crippen molar-refractivity contribution in [3.8, 4) is 5.75 Å². The van der Waals surface area contributed by atoms with E-state index in [4.69, 9.17) is 9.47 Å². The predicted molar refractivity (Wildman–Crippen MR) is 63.4 cm³/mol. The molecule has 0 saturated carbocycles. The molecule has 1 aromatic carbocycles. The van der Waals surface area contributed by atoms with Crippen molar-refractivity contribution in [2.24, 2.45) is 0 Å². The SMILES string of the molecule is CCOC(=O)C=Cc1cc(OC)ccc1C. The van der Waals surface area contributed by atoms with Crippen LogP contribution in [-0.2, 0) is 9.53 Å². The lowest BCUT2D eigenvalue weighted by atomic mass is 10.1. The summed E-state index contributed by atoms with van der Waals surface area (Å²) in [7, 11) is 1.61. The van der Waals surface area contributed by atoms with Crippen LogP contribution in [0.25, 0.3) is 6.08 Å². The molecule has 3 nitrogen and oxygen atoms in total. The highest BCUT2D eigenvalue weighted by Crippen LogP contribution is 2.18. The number of aryl methyl sites for hydroxylation is 1. The number of hydrogen-bond acceptors (Lipinski definition) is 3. The molecule has 0 amide bonds. The molecule has 0 unspecified atom stereocenters. The van der Waals surface area contributed by atoms with E-state index in [0.717, 1.165) is 16.9 Å². The van der Waals surface area contributed by atoms with Gasteiger partial charge in [0.2, 0.25) is 0 Å². The molecule has 0 aromatic heterocycles. The van der Waals surface area contributed by atoms with E-state index < -0.39 is 0 Å². The highest BCUT2D eigenvalue weighted by molar-refractivity contribution is 5.87. The molecule has 1 rings (SSSR count). The fourth-order valence-electron chi connectivity index (χ4n) is 1.27. The maximum Gasteiger partial charge on any atom is 0.330 e. The molecule has 0 fully saturated rings. The van der Waals surface area contributed by atoms with Crippen molar-refractivity contribution in [2.75, 3.05) is 13.7 Å². The van der Waals surface area contributed by atoms with E-state index in [0.29, 0.717) is 6.61 Å². The van der Waals surface area contributed by atoms with Crippen LogP contribution in [-0.4, -0.2) is 19.7 Å². The van der Waals surface area contributed by atoms with Crippen molar-refractivity contribution >= 4 is 12.0 Å². The molecule has 0 saturated heterocycles. The molecule has 0 heterocycles. The summed E-state index contributed by atoms with van der Waals surface area (Å²) in [5.74, 6) is 0.443. The zero-order chi connectivity index (χ0) is 12.0. The first-order valence-electron chi connectivity index (χ1n) is 5.17. The van der Waals surface area contributed by atoms with Crippen LogP contribution in [0.1, 0.15) is 18.1 Å². The van der Waals surface area contributed by atoms with Crippen LogP contribution in [0.2, 0.25) is 0 Å². The van der Waals surface area contributed by atoms with E-state index >= 15 is 0 Å². The molecule has 3 heteroatoms. The fraction of sp³-hybridized carbons (Fsp3) is 0.308. The van der Waals surface area contributed by atoms with E-state index in [-0.39, 0.29) is 5.97 Å². The van der Waals surface area contributed by atoms with Crippen molar-refractivity contribution in [1.82, 2.24) is 0 Å². The van der Waals surface area contributed by atoms with Gasteiger partial charge >= 0.3 is 5.97 Å². The van der Waals surface area contributed by atoms with Crippen molar-refractivity contribution in [2.45, 2.75) is 13.8 Å². The average Bonchev–Trinajstić information content (AvgIpc) is 2.28. The molecular weight excluding hydrogens is 204 g/mol. The summed E-state index contributed by atoms with van der Waals surface area (Å²) in [4.78, 5) is 11.1. The van der Waals surface area contributed by atoms with Gasteiger partial charge < -0.3 is 9.47 Å². The minimum Gasteiger partial charge on any atom is -0.497 e. The van der Waals surface area contributed by atoms with E-state index in [2.05, 4.69) is 0 Å². The number of carbonyl (C=O) groups is 1. The van der Waals surface area contributed by atoms with Gasteiger partial charge in [0, 0.05) is 6.08 Å². The second-order valence-electron chi connectivity index (χ2n) is 3.31. The zero-order valence-electron chi connectivity index (χ0n) is 9.82. The summed E-state index contributed by atoms with van der Waals surface area (Å²) >= 11 is 0. The zero-order valence-corrected chi connectivity index (χ0v) is 9.82. The Morgan fingerprint density at radius 3 is 2.81 bits per heavy atom. The average molecular weight is 220 g/mol. The van der Waals surface area contributed by atoms with Gasteiger partial charge in [-0.15, -0.1) is 0 Å². The molecule has 0 aliphatic rings. The lowest BCUT2D eigenvalue weighted by Gasteiger charge is -2.04. The first-order valence-corrected chi connectivity index (χ1v) is 5.17. The van der Waals surface area contributed by atoms with Crippen LogP contribution in [0.15, 0.2) is 24.3 Å². The summed E-state index contributed by atoms with van der Waals surface area (Å²) in [6, 6.07) is 5.71. The Bertz CT molecular complexity index is 394. The Morgan fingerprint density at radius 2 is 2.19 bits per heavy atom. The van der Waals surface area contributed by atoms with Gasteiger partial charge in [0.1, 0.15) is 5.75 Å². The molecule has 0 aliphatic heterocycles. The van der Waals surface area contributed by atoms with Gasteiger partial charge in [-0.25, -0.2) is 4.79 Å². The van der Waals surface area contributed by atoms with Gasteiger partial charge in [-0.3, -0.25) is 0 Å². The Hall–Kier alpha value is -1.77. The lowest BCUT2D eigenvalue weighted by Crippen LogP contribution is -1.98. The number of carbonyl (C=O) groups excluding carboxylic acids is 1. The highest BCUT2D eigenvalue weighted by Gasteiger charge is 1.99. The molecule has 86 valence electrons. The van der Waals surface area contributed by atoms with Crippen molar-refractivity contribution < 1.29 is 14.3 Å². The van der Waals surface area contributed by atoms with Crippen LogP contribution in [0.4, 0.5) is 0 Å². The molecule has 16 heavy (non-hydrogen) atoms. The van der Waals surface area contributed by atoms with E-state index in [1.807, 2.05) is 25.1 Å². The molecular formula is C13H16O3. The highest BCUT2D eigenvalue weighted by atomic mass is 16.5. The quantitative estimate of drug-likeness (QED) is 0.578. The normalized spacial score (nSPS) is 10.4. The van der Waals surface area contributed by atoms with Gasteiger partial charge in [0.05, 0.1) is 13.7 Å². The molecule has 0 bridgehead atoms. The van der Waals surface area contributed by atoms with E-state index in [1.54, 1.807) is 20.1 Å². The molecule has 0 radical (unpaired) electrons. The van der Waals surface area contributed by atoms with Crippen LogP contribution < -0.4 is 4.74 Å². The second-order valence-corrected chi connectivity index (χ2v) is 3.31. The first-order chi connectivity index (χ1) is 7.67. The number of methoxy groups -OCH3 is 1. The largest absolute Gasteiger partial charge is 0.497 e. The van der Waals surface area contributed by atoms with E-state index in [1.165, 1.54) is 6.08 Å². The van der Waals surface area contributed by atoms with Crippen LogP contribution >= 0.6 is 0 Å². The Labute approximate surface area is 95.7 Å². The maximum atomic E-state index is 11.1. The molecule has 0 atom stereocenters. The van der Waals surface area contributed by atoms with Gasteiger partial charge in [-0.1, -0.05) is 6.07 Å². The van der Waals surface area contributed by atoms with Crippen molar-refractivity contribution in [3.05, 3.63) is 35.4 Å². The Morgan fingerprint density at radius 1 is 1.44 bits per heavy atom. The van der Waals surface area contributed by atoms with Crippen molar-refractivity contribution in [3.63, 3.8) is 0 Å². The Kier molecular flexibility index (Phi) is 4.58. The van der Waals surface area contributed by atoms with Crippen LogP contribution in [0, 0.1) is 6.92 Å². The molecule has 0 N–H and O–H groups in total. The molecule has 1 aromatic rings. The summed E-state index contributed by atoms with van der Waals surface area (Å²) in [6.45, 7) is 4.15. The number of hydrogen-bond donors (Lipinski definition) is 0. The third-order valence-electron chi connectivity index (χ3n) is 2.17. The number of rotatable bonds is 4. The summed E-state index contributed by atoms with van der Waals surface area (Å²) in [5.41, 5.74) is 2.04. The van der Waals surface area contributed by atoms with Gasteiger partial charge in [-0.2, -0.15) is 0 Å². The maximum absolute atomic E-state index is 11.1. The first kappa shape index (κ1) is 12.3. The standard InChI is InChI=1S/C13H16O3/c1-4-16-13(14)8-6-11-9-12(15-3)7-5-10(11)2/h5-9H,4H2,1-3H3. The predicted octanol–water partition coefficient (Wildman–Crippen LogP) is 2.58. The number of ether oxygens (including phenoxy) is 2. The third-order valence-corrected chi connectivity index (χ3v) is 2.17. The van der Waals surface area contributed by atoms with E-state index in [9.17, 15) is 4.79 Å². The molecule has 0 aliphatic carbocycles. The van der Waals surface area contributed by atoms with Gasteiger partial charge in [-0.05, 0) is 43.2 Å². The van der Waals surface area contributed by atoms with Crippen LogP contribution in [0.5, 0.6) is 5.75 Å².